The lowest BCUT2D eigenvalue weighted by Crippen LogP contribution is -2.35. The predicted octanol–water partition coefficient (Wildman–Crippen LogP) is 2.99. The highest BCUT2D eigenvalue weighted by atomic mass is 16.5. The highest BCUT2D eigenvalue weighted by Crippen LogP contribution is 2.31. The Morgan fingerprint density at radius 1 is 1.33 bits per heavy atom. The molecule has 0 bridgehead atoms. The van der Waals surface area contributed by atoms with Crippen LogP contribution in [-0.2, 0) is 20.7 Å². The number of benzene rings is 1. The number of hydrogen-bond donors (Lipinski definition) is 1. The average molecular weight is 330 g/mol. The van der Waals surface area contributed by atoms with E-state index in [0.717, 1.165) is 49.4 Å². The lowest BCUT2D eigenvalue weighted by molar-refractivity contribution is -0.122. The molecule has 24 heavy (non-hydrogen) atoms. The van der Waals surface area contributed by atoms with E-state index < -0.39 is 0 Å². The Labute approximate surface area is 143 Å². The Hall–Kier alpha value is -1.88. The maximum absolute atomic E-state index is 12.5. The van der Waals surface area contributed by atoms with Gasteiger partial charge in [-0.05, 0) is 55.9 Å². The van der Waals surface area contributed by atoms with E-state index in [1.54, 1.807) is 0 Å². The number of nitrogens with zero attached hydrogens (tertiary/aromatic N) is 1. The van der Waals surface area contributed by atoms with Crippen molar-refractivity contribution in [2.75, 3.05) is 30.0 Å². The van der Waals surface area contributed by atoms with Crippen molar-refractivity contribution in [1.29, 1.82) is 0 Å². The van der Waals surface area contributed by atoms with Crippen LogP contribution in [0.25, 0.3) is 0 Å². The topological polar surface area (TPSA) is 58.6 Å². The van der Waals surface area contributed by atoms with Crippen LogP contribution in [0.3, 0.4) is 0 Å². The van der Waals surface area contributed by atoms with Gasteiger partial charge in [-0.3, -0.25) is 9.59 Å². The van der Waals surface area contributed by atoms with Gasteiger partial charge in [0, 0.05) is 43.5 Å². The summed E-state index contributed by atoms with van der Waals surface area (Å²) >= 11 is 0. The molecule has 2 heterocycles. The van der Waals surface area contributed by atoms with Gasteiger partial charge >= 0.3 is 0 Å². The number of ether oxygens (including phenoxy) is 1. The molecular formula is C19H26N2O3. The van der Waals surface area contributed by atoms with Crippen molar-refractivity contribution in [1.82, 2.24) is 0 Å². The van der Waals surface area contributed by atoms with Gasteiger partial charge in [0.2, 0.25) is 11.8 Å². The van der Waals surface area contributed by atoms with Crippen molar-refractivity contribution >= 4 is 23.2 Å². The summed E-state index contributed by atoms with van der Waals surface area (Å²) < 4.78 is 5.38. The second-order valence-corrected chi connectivity index (χ2v) is 6.71. The minimum Gasteiger partial charge on any atom is -0.381 e. The summed E-state index contributed by atoms with van der Waals surface area (Å²) in [7, 11) is 0. The molecular weight excluding hydrogens is 304 g/mol. The highest BCUT2D eigenvalue weighted by molar-refractivity contribution is 5.97. The Morgan fingerprint density at radius 2 is 2.08 bits per heavy atom. The number of fused-ring (bicyclic) bond motifs is 1. The molecule has 0 saturated carbocycles. The Morgan fingerprint density at radius 3 is 2.79 bits per heavy atom. The molecule has 1 unspecified atom stereocenters. The summed E-state index contributed by atoms with van der Waals surface area (Å²) in [5, 5.41) is 3.05. The summed E-state index contributed by atoms with van der Waals surface area (Å²) in [5.74, 6) is 0.624. The van der Waals surface area contributed by atoms with Crippen LogP contribution in [0.4, 0.5) is 11.4 Å². The molecule has 130 valence electrons. The third-order valence-corrected chi connectivity index (χ3v) is 5.25. The number of amides is 2. The zero-order valence-electron chi connectivity index (χ0n) is 14.5. The molecule has 0 aromatic heterocycles. The van der Waals surface area contributed by atoms with Gasteiger partial charge in [0.1, 0.15) is 0 Å². The molecule has 3 rings (SSSR count). The molecule has 5 nitrogen and oxygen atoms in total. The predicted molar refractivity (Wildman–Crippen MR) is 94.1 cm³/mol. The third-order valence-electron chi connectivity index (χ3n) is 5.25. The number of nitrogens with one attached hydrogen (secondary N) is 1. The van der Waals surface area contributed by atoms with Gasteiger partial charge in [-0.15, -0.1) is 0 Å². The second kappa shape index (κ2) is 7.34. The van der Waals surface area contributed by atoms with Crippen molar-refractivity contribution in [3.63, 3.8) is 0 Å². The zero-order chi connectivity index (χ0) is 17.1. The van der Waals surface area contributed by atoms with E-state index in [0.29, 0.717) is 18.9 Å². The van der Waals surface area contributed by atoms with Gasteiger partial charge in [-0.1, -0.05) is 6.92 Å². The number of carbonyl (C=O) groups is 2. The highest BCUT2D eigenvalue weighted by Gasteiger charge is 2.27. The van der Waals surface area contributed by atoms with Crippen LogP contribution >= 0.6 is 0 Å². The first-order valence-electron chi connectivity index (χ1n) is 8.92. The standard InChI is InChI=1S/C19H26N2O3/c1-3-21-17-6-5-16(12-15(17)4-7-18(21)22)20-19(23)13(2)14-8-10-24-11-9-14/h5-6,12-14H,3-4,7-11H2,1-2H3,(H,20,23). The van der Waals surface area contributed by atoms with Crippen molar-refractivity contribution in [3.05, 3.63) is 23.8 Å². The summed E-state index contributed by atoms with van der Waals surface area (Å²) in [6, 6.07) is 5.86. The third kappa shape index (κ3) is 3.46. The van der Waals surface area contributed by atoms with E-state index in [-0.39, 0.29) is 17.7 Å². The smallest absolute Gasteiger partial charge is 0.227 e. The SMILES string of the molecule is CCN1C(=O)CCc2cc(NC(=O)C(C)C3CCOCC3)ccc21. The number of carbonyl (C=O) groups excluding carboxylic acids is 2. The number of aryl methyl sites for hydroxylation is 1. The molecule has 1 fully saturated rings. The van der Waals surface area contributed by atoms with Crippen molar-refractivity contribution in [2.45, 2.75) is 39.5 Å². The first-order valence-corrected chi connectivity index (χ1v) is 8.92. The van der Waals surface area contributed by atoms with Crippen LogP contribution in [0.5, 0.6) is 0 Å². The molecule has 1 atom stereocenters. The Balaban J connectivity index is 1.69. The van der Waals surface area contributed by atoms with Gasteiger partial charge < -0.3 is 15.0 Å². The molecule has 2 aliphatic rings. The molecule has 1 aromatic rings. The average Bonchev–Trinajstić information content (AvgIpc) is 2.62. The van der Waals surface area contributed by atoms with Crippen LogP contribution in [0.2, 0.25) is 0 Å². The largest absolute Gasteiger partial charge is 0.381 e. The Bertz CT molecular complexity index is 623. The number of hydrogen-bond acceptors (Lipinski definition) is 3. The van der Waals surface area contributed by atoms with Gasteiger partial charge in [-0.2, -0.15) is 0 Å². The van der Waals surface area contributed by atoms with Crippen LogP contribution in [0.15, 0.2) is 18.2 Å². The van der Waals surface area contributed by atoms with Crippen LogP contribution in [0, 0.1) is 11.8 Å². The van der Waals surface area contributed by atoms with E-state index >= 15 is 0 Å². The molecule has 1 N–H and O–H groups in total. The lowest BCUT2D eigenvalue weighted by Gasteiger charge is -2.29. The molecule has 5 heteroatoms. The Kier molecular flexibility index (Phi) is 5.19. The van der Waals surface area contributed by atoms with Gasteiger partial charge in [0.25, 0.3) is 0 Å². The molecule has 2 aliphatic heterocycles. The monoisotopic (exact) mass is 330 g/mol. The second-order valence-electron chi connectivity index (χ2n) is 6.71. The quantitative estimate of drug-likeness (QED) is 0.923. The normalized spacial score (nSPS) is 19.8. The number of rotatable bonds is 4. The van der Waals surface area contributed by atoms with E-state index in [4.69, 9.17) is 4.74 Å². The van der Waals surface area contributed by atoms with Gasteiger partial charge in [-0.25, -0.2) is 0 Å². The van der Waals surface area contributed by atoms with Crippen molar-refractivity contribution in [3.8, 4) is 0 Å². The lowest BCUT2D eigenvalue weighted by atomic mass is 9.86. The molecule has 0 spiro atoms. The first kappa shape index (κ1) is 17.0. The molecule has 1 saturated heterocycles. The molecule has 2 amide bonds. The summed E-state index contributed by atoms with van der Waals surface area (Å²) in [5.41, 5.74) is 2.93. The maximum Gasteiger partial charge on any atom is 0.227 e. The minimum absolute atomic E-state index is 0.0151. The van der Waals surface area contributed by atoms with E-state index in [1.807, 2.05) is 36.9 Å². The maximum atomic E-state index is 12.5. The first-order chi connectivity index (χ1) is 11.6. The van der Waals surface area contributed by atoms with Crippen LogP contribution in [-0.4, -0.2) is 31.6 Å². The fraction of sp³-hybridized carbons (Fsp3) is 0.579. The van der Waals surface area contributed by atoms with Gasteiger partial charge in [0.05, 0.1) is 0 Å². The summed E-state index contributed by atoms with van der Waals surface area (Å²) in [6.07, 6.45) is 3.18. The minimum atomic E-state index is -0.0151. The fourth-order valence-corrected chi connectivity index (χ4v) is 3.67. The molecule has 0 aliphatic carbocycles. The van der Waals surface area contributed by atoms with E-state index in [1.165, 1.54) is 0 Å². The van der Waals surface area contributed by atoms with Gasteiger partial charge in [0.15, 0.2) is 0 Å². The fourth-order valence-electron chi connectivity index (χ4n) is 3.67. The van der Waals surface area contributed by atoms with Crippen molar-refractivity contribution < 1.29 is 14.3 Å². The van der Waals surface area contributed by atoms with Crippen LogP contribution < -0.4 is 10.2 Å². The molecule has 1 aromatic carbocycles. The summed E-state index contributed by atoms with van der Waals surface area (Å²) in [6.45, 7) is 6.17. The van der Waals surface area contributed by atoms with E-state index in [9.17, 15) is 9.59 Å². The van der Waals surface area contributed by atoms with Crippen LogP contribution in [0.1, 0.15) is 38.7 Å². The molecule has 0 radical (unpaired) electrons. The van der Waals surface area contributed by atoms with E-state index in [2.05, 4.69) is 5.32 Å². The zero-order valence-corrected chi connectivity index (χ0v) is 14.5. The van der Waals surface area contributed by atoms with Crippen molar-refractivity contribution in [2.24, 2.45) is 11.8 Å². The summed E-state index contributed by atoms with van der Waals surface area (Å²) in [4.78, 5) is 26.3. The number of anilines is 2.